The Balaban J connectivity index is 2.02. The van der Waals surface area contributed by atoms with Gasteiger partial charge in [0.05, 0.1) is 6.61 Å². The van der Waals surface area contributed by atoms with Gasteiger partial charge in [0.15, 0.2) is 0 Å². The highest BCUT2D eigenvalue weighted by atomic mass is 79.9. The van der Waals surface area contributed by atoms with E-state index in [0.717, 1.165) is 34.7 Å². The molecule has 112 valence electrons. The van der Waals surface area contributed by atoms with Gasteiger partial charge in [0.25, 0.3) is 0 Å². The molecule has 1 aliphatic rings. The number of hydrogen-bond donors (Lipinski definition) is 0. The van der Waals surface area contributed by atoms with E-state index in [9.17, 15) is 0 Å². The van der Waals surface area contributed by atoms with Gasteiger partial charge in [-0.05, 0) is 43.0 Å². The second-order valence-electron chi connectivity index (χ2n) is 5.94. The van der Waals surface area contributed by atoms with Gasteiger partial charge in [-0.15, -0.1) is 0 Å². The van der Waals surface area contributed by atoms with Gasteiger partial charge in [0.2, 0.25) is 0 Å². The Hall–Kier alpha value is -0.210. The molecule has 0 spiro atoms. The van der Waals surface area contributed by atoms with Crippen LogP contribution in [0.2, 0.25) is 5.02 Å². The van der Waals surface area contributed by atoms with Crippen molar-refractivity contribution in [3.05, 3.63) is 28.8 Å². The molecule has 3 heteroatoms. The van der Waals surface area contributed by atoms with E-state index >= 15 is 0 Å². The first kappa shape index (κ1) is 16.2. The van der Waals surface area contributed by atoms with Gasteiger partial charge in [-0.2, -0.15) is 0 Å². The van der Waals surface area contributed by atoms with Crippen molar-refractivity contribution in [1.29, 1.82) is 0 Å². The van der Waals surface area contributed by atoms with E-state index in [1.807, 2.05) is 12.1 Å². The Morgan fingerprint density at radius 3 is 2.50 bits per heavy atom. The van der Waals surface area contributed by atoms with E-state index in [2.05, 4.69) is 28.9 Å². The van der Waals surface area contributed by atoms with Crippen molar-refractivity contribution in [2.24, 2.45) is 5.41 Å². The van der Waals surface area contributed by atoms with Crippen LogP contribution in [0.3, 0.4) is 0 Å². The third-order valence-corrected chi connectivity index (χ3v) is 5.95. The van der Waals surface area contributed by atoms with Crippen molar-refractivity contribution in [1.82, 2.24) is 0 Å². The second-order valence-corrected chi connectivity index (χ2v) is 6.91. The monoisotopic (exact) mass is 358 g/mol. The van der Waals surface area contributed by atoms with Crippen molar-refractivity contribution >= 4 is 27.5 Å². The molecule has 0 N–H and O–H groups in total. The zero-order valence-electron chi connectivity index (χ0n) is 12.3. The summed E-state index contributed by atoms with van der Waals surface area (Å²) in [4.78, 5) is 0. The van der Waals surface area contributed by atoms with Crippen LogP contribution in [0, 0.1) is 5.41 Å². The predicted molar refractivity (Wildman–Crippen MR) is 90.3 cm³/mol. The number of alkyl halides is 1. The molecular weight excluding hydrogens is 336 g/mol. The highest BCUT2D eigenvalue weighted by Crippen LogP contribution is 2.37. The van der Waals surface area contributed by atoms with Gasteiger partial charge < -0.3 is 4.74 Å². The number of benzene rings is 1. The van der Waals surface area contributed by atoms with Crippen molar-refractivity contribution in [3.8, 4) is 5.75 Å². The van der Waals surface area contributed by atoms with E-state index in [1.165, 1.54) is 38.5 Å². The molecule has 1 fully saturated rings. The third-order valence-electron chi connectivity index (χ3n) is 4.39. The minimum atomic E-state index is 0.308. The first-order valence-corrected chi connectivity index (χ1v) is 9.16. The molecule has 1 aromatic carbocycles. The molecule has 0 unspecified atom stereocenters. The summed E-state index contributed by atoms with van der Waals surface area (Å²) in [7, 11) is 0. The van der Waals surface area contributed by atoms with E-state index in [4.69, 9.17) is 16.3 Å². The van der Waals surface area contributed by atoms with Crippen molar-refractivity contribution < 1.29 is 4.74 Å². The van der Waals surface area contributed by atoms with Crippen molar-refractivity contribution in [2.45, 2.75) is 51.9 Å². The molecule has 0 radical (unpaired) electrons. The fraction of sp³-hybridized carbons (Fsp3) is 0.647. The maximum atomic E-state index is 6.16. The third kappa shape index (κ3) is 4.14. The minimum absolute atomic E-state index is 0.308. The lowest BCUT2D eigenvalue weighted by molar-refractivity contribution is 0.149. The predicted octanol–water partition coefficient (Wildman–Crippen LogP) is 6.02. The van der Waals surface area contributed by atoms with Gasteiger partial charge in [-0.3, -0.25) is 0 Å². The first-order valence-electron chi connectivity index (χ1n) is 7.66. The van der Waals surface area contributed by atoms with E-state index < -0.39 is 0 Å². The largest absolute Gasteiger partial charge is 0.493 e. The summed E-state index contributed by atoms with van der Waals surface area (Å²) in [5.41, 5.74) is 1.47. The smallest absolute Gasteiger partial charge is 0.119 e. The summed E-state index contributed by atoms with van der Waals surface area (Å²) in [6.07, 6.45) is 8.88. The molecule has 0 bridgehead atoms. The fourth-order valence-electron chi connectivity index (χ4n) is 2.94. The SMILES string of the molecule is CCc1cc(OCC2(CBr)CCCCCC2)ccc1Cl. The van der Waals surface area contributed by atoms with Crippen LogP contribution in [-0.2, 0) is 6.42 Å². The molecule has 0 saturated heterocycles. The summed E-state index contributed by atoms with van der Waals surface area (Å²) in [6, 6.07) is 6.02. The number of hydrogen-bond acceptors (Lipinski definition) is 1. The Morgan fingerprint density at radius 2 is 1.90 bits per heavy atom. The summed E-state index contributed by atoms with van der Waals surface area (Å²) in [6.45, 7) is 2.93. The molecule has 1 aromatic rings. The zero-order valence-corrected chi connectivity index (χ0v) is 14.6. The Kier molecular flexibility index (Phi) is 6.22. The Bertz CT molecular complexity index is 425. The van der Waals surface area contributed by atoms with E-state index in [1.54, 1.807) is 0 Å². The first-order chi connectivity index (χ1) is 9.69. The average Bonchev–Trinajstić information content (AvgIpc) is 2.72. The number of ether oxygens (including phenoxy) is 1. The second kappa shape index (κ2) is 7.70. The summed E-state index contributed by atoms with van der Waals surface area (Å²) >= 11 is 9.87. The van der Waals surface area contributed by atoms with Gasteiger partial charge in [-0.25, -0.2) is 0 Å². The molecule has 1 saturated carbocycles. The Labute approximate surface area is 136 Å². The quantitative estimate of drug-likeness (QED) is 0.461. The average molecular weight is 360 g/mol. The van der Waals surface area contributed by atoms with Crippen LogP contribution in [0.5, 0.6) is 5.75 Å². The summed E-state index contributed by atoms with van der Waals surface area (Å²) < 4.78 is 6.10. The lowest BCUT2D eigenvalue weighted by atomic mass is 9.83. The summed E-state index contributed by atoms with van der Waals surface area (Å²) in [5.74, 6) is 0.954. The van der Waals surface area contributed by atoms with Crippen LogP contribution in [0.4, 0.5) is 0 Å². The molecule has 1 nitrogen and oxygen atoms in total. The van der Waals surface area contributed by atoms with Gasteiger partial charge in [0, 0.05) is 15.8 Å². The van der Waals surface area contributed by atoms with Crippen LogP contribution in [0.25, 0.3) is 0 Å². The molecule has 2 rings (SSSR count). The maximum absolute atomic E-state index is 6.16. The zero-order chi connectivity index (χ0) is 14.4. The van der Waals surface area contributed by atoms with Crippen molar-refractivity contribution in [3.63, 3.8) is 0 Å². The van der Waals surface area contributed by atoms with Crippen LogP contribution in [-0.4, -0.2) is 11.9 Å². The number of halogens is 2. The summed E-state index contributed by atoms with van der Waals surface area (Å²) in [5, 5.41) is 1.87. The molecule has 1 aliphatic carbocycles. The molecule has 20 heavy (non-hydrogen) atoms. The lowest BCUT2D eigenvalue weighted by Crippen LogP contribution is -2.30. The topological polar surface area (TPSA) is 9.23 Å². The van der Waals surface area contributed by atoms with Gasteiger partial charge in [-0.1, -0.05) is 60.1 Å². The normalized spacial score (nSPS) is 18.6. The highest BCUT2D eigenvalue weighted by Gasteiger charge is 2.30. The molecule has 0 atom stereocenters. The van der Waals surface area contributed by atoms with Gasteiger partial charge >= 0.3 is 0 Å². The molecule has 0 amide bonds. The Morgan fingerprint density at radius 1 is 1.20 bits per heavy atom. The van der Waals surface area contributed by atoms with Crippen LogP contribution in [0.1, 0.15) is 51.0 Å². The maximum Gasteiger partial charge on any atom is 0.119 e. The fourth-order valence-corrected chi connectivity index (χ4v) is 3.92. The van der Waals surface area contributed by atoms with Crippen LogP contribution >= 0.6 is 27.5 Å². The molecule has 0 aliphatic heterocycles. The lowest BCUT2D eigenvalue weighted by Gasteiger charge is -2.30. The van der Waals surface area contributed by atoms with Crippen LogP contribution < -0.4 is 4.74 Å². The highest BCUT2D eigenvalue weighted by molar-refractivity contribution is 9.09. The number of aryl methyl sites for hydroxylation is 1. The molecule has 0 aromatic heterocycles. The number of rotatable bonds is 5. The minimum Gasteiger partial charge on any atom is -0.493 e. The molecule has 0 heterocycles. The van der Waals surface area contributed by atoms with E-state index in [-0.39, 0.29) is 0 Å². The van der Waals surface area contributed by atoms with Gasteiger partial charge in [0.1, 0.15) is 5.75 Å². The molecular formula is C17H24BrClO. The van der Waals surface area contributed by atoms with E-state index in [0.29, 0.717) is 5.41 Å². The van der Waals surface area contributed by atoms with Crippen LogP contribution in [0.15, 0.2) is 18.2 Å². The standard InChI is InChI=1S/C17H24BrClO/c1-2-14-11-15(7-8-16(14)19)20-13-17(12-18)9-5-3-4-6-10-17/h7-8,11H,2-6,9-10,12-13H2,1H3. The van der Waals surface area contributed by atoms with Crippen molar-refractivity contribution in [2.75, 3.05) is 11.9 Å².